The SMILES string of the molecule is CC1(C)CC(=O)C2=C(C1)OC1=C(C(=O)CC(C)(C)C1)C2c1cccc(OCc2ccc(Cl)cc2Cl)c1. The molecule has 1 aliphatic heterocycles. The minimum Gasteiger partial charge on any atom is -0.489 e. The Bertz CT molecular complexity index is 1280. The molecule has 0 amide bonds. The first kappa shape index (κ1) is 25.1. The van der Waals surface area contributed by atoms with Gasteiger partial charge in [0.05, 0.1) is 0 Å². The molecule has 0 fully saturated rings. The van der Waals surface area contributed by atoms with Crippen molar-refractivity contribution in [1.29, 1.82) is 0 Å². The molecule has 5 rings (SSSR count). The molecule has 0 bridgehead atoms. The van der Waals surface area contributed by atoms with E-state index in [-0.39, 0.29) is 29.0 Å². The summed E-state index contributed by atoms with van der Waals surface area (Å²) in [5, 5.41) is 1.11. The van der Waals surface area contributed by atoms with E-state index in [9.17, 15) is 9.59 Å². The molecule has 188 valence electrons. The van der Waals surface area contributed by atoms with Gasteiger partial charge in [0.1, 0.15) is 23.9 Å². The lowest BCUT2D eigenvalue weighted by Crippen LogP contribution is -2.37. The highest BCUT2D eigenvalue weighted by atomic mass is 35.5. The zero-order chi connectivity index (χ0) is 25.8. The van der Waals surface area contributed by atoms with Gasteiger partial charge in [-0.3, -0.25) is 9.59 Å². The number of hydrogen-bond acceptors (Lipinski definition) is 4. The minimum atomic E-state index is -0.446. The van der Waals surface area contributed by atoms with Gasteiger partial charge in [-0.05, 0) is 40.7 Å². The number of halogens is 2. The summed E-state index contributed by atoms with van der Waals surface area (Å²) in [5.41, 5.74) is 2.56. The lowest BCUT2D eigenvalue weighted by molar-refractivity contribution is -0.120. The van der Waals surface area contributed by atoms with Crippen molar-refractivity contribution >= 4 is 34.8 Å². The topological polar surface area (TPSA) is 52.6 Å². The van der Waals surface area contributed by atoms with Crippen LogP contribution in [-0.4, -0.2) is 11.6 Å². The summed E-state index contributed by atoms with van der Waals surface area (Å²) in [6.07, 6.45) is 2.20. The van der Waals surface area contributed by atoms with Crippen LogP contribution in [0.25, 0.3) is 0 Å². The fraction of sp³-hybridized carbons (Fsp3) is 0.400. The maximum absolute atomic E-state index is 13.5. The van der Waals surface area contributed by atoms with E-state index in [2.05, 4.69) is 27.7 Å². The second-order valence-corrected chi connectivity index (χ2v) is 12.5. The van der Waals surface area contributed by atoms with Crippen molar-refractivity contribution in [3.05, 3.63) is 86.3 Å². The molecule has 0 atom stereocenters. The highest BCUT2D eigenvalue weighted by molar-refractivity contribution is 6.35. The van der Waals surface area contributed by atoms with E-state index >= 15 is 0 Å². The first-order valence-electron chi connectivity index (χ1n) is 12.3. The van der Waals surface area contributed by atoms with Crippen LogP contribution in [-0.2, 0) is 20.9 Å². The number of carbonyl (C=O) groups is 2. The van der Waals surface area contributed by atoms with E-state index in [0.717, 1.165) is 11.1 Å². The molecule has 0 spiro atoms. The number of allylic oxidation sites excluding steroid dienone is 4. The summed E-state index contributed by atoms with van der Waals surface area (Å²) in [4.78, 5) is 26.9. The van der Waals surface area contributed by atoms with Crippen molar-refractivity contribution in [3.8, 4) is 5.75 Å². The van der Waals surface area contributed by atoms with Gasteiger partial charge in [-0.2, -0.15) is 0 Å². The summed E-state index contributed by atoms with van der Waals surface area (Å²) in [6, 6.07) is 13.0. The third-order valence-corrected chi connectivity index (χ3v) is 7.77. The zero-order valence-corrected chi connectivity index (χ0v) is 22.6. The normalized spacial score (nSPS) is 21.2. The highest BCUT2D eigenvalue weighted by Crippen LogP contribution is 2.53. The van der Waals surface area contributed by atoms with Crippen molar-refractivity contribution in [2.24, 2.45) is 10.8 Å². The van der Waals surface area contributed by atoms with E-state index in [1.165, 1.54) is 0 Å². The molecule has 1 heterocycles. The van der Waals surface area contributed by atoms with Gasteiger partial charge >= 0.3 is 0 Å². The average molecular weight is 525 g/mol. The number of rotatable bonds is 4. The van der Waals surface area contributed by atoms with Gasteiger partial charge in [-0.25, -0.2) is 0 Å². The van der Waals surface area contributed by atoms with Crippen molar-refractivity contribution in [3.63, 3.8) is 0 Å². The molecular weight excluding hydrogens is 495 g/mol. The number of carbonyl (C=O) groups excluding carboxylic acids is 2. The molecule has 2 aromatic rings. The Balaban J connectivity index is 1.54. The molecular formula is C30H30Cl2O4. The second kappa shape index (κ2) is 9.08. The lowest BCUT2D eigenvalue weighted by atomic mass is 9.65. The summed E-state index contributed by atoms with van der Waals surface area (Å²) in [7, 11) is 0. The van der Waals surface area contributed by atoms with E-state index in [0.29, 0.717) is 64.1 Å². The summed E-state index contributed by atoms with van der Waals surface area (Å²) in [6.45, 7) is 8.62. The van der Waals surface area contributed by atoms with Crippen molar-refractivity contribution in [2.45, 2.75) is 65.9 Å². The largest absolute Gasteiger partial charge is 0.489 e. The summed E-state index contributed by atoms with van der Waals surface area (Å²) < 4.78 is 12.5. The molecule has 0 aromatic heterocycles. The van der Waals surface area contributed by atoms with Crippen LogP contribution < -0.4 is 4.74 Å². The number of hydrogen-bond donors (Lipinski definition) is 0. The quantitative estimate of drug-likeness (QED) is 0.406. The Morgan fingerprint density at radius 1 is 0.861 bits per heavy atom. The smallest absolute Gasteiger partial charge is 0.163 e. The molecule has 36 heavy (non-hydrogen) atoms. The van der Waals surface area contributed by atoms with Crippen LogP contribution in [0.15, 0.2) is 65.1 Å². The predicted molar refractivity (Wildman–Crippen MR) is 141 cm³/mol. The second-order valence-electron chi connectivity index (χ2n) is 11.7. The average Bonchev–Trinajstić information content (AvgIpc) is 2.75. The molecule has 0 radical (unpaired) electrons. The van der Waals surface area contributed by atoms with Gasteiger partial charge in [0.25, 0.3) is 0 Å². The number of ether oxygens (including phenoxy) is 2. The Labute approximate surface area is 222 Å². The van der Waals surface area contributed by atoms with Crippen LogP contribution in [0.4, 0.5) is 0 Å². The molecule has 2 aliphatic carbocycles. The molecule has 3 aliphatic rings. The maximum atomic E-state index is 13.5. The fourth-order valence-corrected chi connectivity index (χ4v) is 6.05. The Hall–Kier alpha value is -2.56. The zero-order valence-electron chi connectivity index (χ0n) is 21.0. The molecule has 0 unspecified atom stereocenters. The van der Waals surface area contributed by atoms with E-state index in [1.54, 1.807) is 12.1 Å². The van der Waals surface area contributed by atoms with Crippen molar-refractivity contribution in [1.82, 2.24) is 0 Å². The fourth-order valence-electron chi connectivity index (χ4n) is 5.59. The first-order chi connectivity index (χ1) is 16.9. The summed E-state index contributed by atoms with van der Waals surface area (Å²) >= 11 is 12.3. The maximum Gasteiger partial charge on any atom is 0.163 e. The summed E-state index contributed by atoms with van der Waals surface area (Å²) in [5.74, 6) is 1.72. The van der Waals surface area contributed by atoms with Gasteiger partial charge in [0, 0.05) is 58.4 Å². The molecule has 2 aromatic carbocycles. The van der Waals surface area contributed by atoms with Crippen LogP contribution in [0.1, 0.15) is 70.4 Å². The van der Waals surface area contributed by atoms with Crippen molar-refractivity contribution in [2.75, 3.05) is 0 Å². The molecule has 4 nitrogen and oxygen atoms in total. The van der Waals surface area contributed by atoms with Crippen LogP contribution in [0.2, 0.25) is 10.0 Å². The van der Waals surface area contributed by atoms with E-state index in [1.807, 2.05) is 30.3 Å². The minimum absolute atomic E-state index is 0.0506. The molecule has 6 heteroatoms. The Morgan fingerprint density at radius 3 is 2.06 bits per heavy atom. The third kappa shape index (κ3) is 4.86. The van der Waals surface area contributed by atoms with E-state index < -0.39 is 5.92 Å². The Morgan fingerprint density at radius 2 is 1.47 bits per heavy atom. The van der Waals surface area contributed by atoms with Crippen LogP contribution in [0, 0.1) is 10.8 Å². The number of ketones is 2. The predicted octanol–water partition coefficient (Wildman–Crippen LogP) is 7.97. The number of benzene rings is 2. The monoisotopic (exact) mass is 524 g/mol. The van der Waals surface area contributed by atoms with Crippen LogP contribution >= 0.6 is 23.2 Å². The Kier molecular flexibility index (Phi) is 6.33. The first-order valence-corrected chi connectivity index (χ1v) is 13.1. The van der Waals surface area contributed by atoms with Gasteiger partial charge in [-0.15, -0.1) is 0 Å². The van der Waals surface area contributed by atoms with Gasteiger partial charge in [0.15, 0.2) is 11.6 Å². The molecule has 0 N–H and O–H groups in total. The molecule has 0 saturated carbocycles. The van der Waals surface area contributed by atoms with Crippen molar-refractivity contribution < 1.29 is 19.1 Å². The van der Waals surface area contributed by atoms with Gasteiger partial charge in [-0.1, -0.05) is 69.1 Å². The van der Waals surface area contributed by atoms with Crippen LogP contribution in [0.3, 0.4) is 0 Å². The molecule has 0 saturated heterocycles. The number of Topliss-reactive ketones (excluding diaryl/α,β-unsaturated/α-hetero) is 2. The van der Waals surface area contributed by atoms with Crippen LogP contribution in [0.5, 0.6) is 5.75 Å². The van der Waals surface area contributed by atoms with E-state index in [4.69, 9.17) is 32.7 Å². The van der Waals surface area contributed by atoms with Gasteiger partial charge < -0.3 is 9.47 Å². The lowest BCUT2D eigenvalue weighted by Gasteiger charge is -2.42. The van der Waals surface area contributed by atoms with Gasteiger partial charge in [0.2, 0.25) is 0 Å². The highest BCUT2D eigenvalue weighted by Gasteiger charge is 2.47. The standard InChI is InChI=1S/C30H30Cl2O4/c1-29(2)12-22(33)27-24(14-29)36-25-15-30(3,4)13-23(34)28(25)26(27)17-6-5-7-20(10-17)35-16-18-8-9-19(31)11-21(18)32/h5-11,26H,12-16H2,1-4H3. The third-order valence-electron chi connectivity index (χ3n) is 7.18.